The van der Waals surface area contributed by atoms with Gasteiger partial charge in [0, 0.05) is 78.1 Å². The molecule has 7 rings (SSSR count). The third-order valence-electron chi connectivity index (χ3n) is 15.7. The maximum absolute atomic E-state index is 13.1. The van der Waals surface area contributed by atoms with Crippen LogP contribution in [0.5, 0.6) is 5.75 Å². The molecule has 31 nitrogen and oxygen atoms in total. The molecule has 512 valence electrons. The van der Waals surface area contributed by atoms with Crippen LogP contribution in [0.1, 0.15) is 128 Å². The minimum atomic E-state index is -5.85. The van der Waals surface area contributed by atoms with Gasteiger partial charge in [0.1, 0.15) is 30.4 Å². The van der Waals surface area contributed by atoms with Crippen molar-refractivity contribution in [2.45, 2.75) is 139 Å². The third kappa shape index (κ3) is 18.1. The zero-order valence-electron chi connectivity index (χ0n) is 52.5. The molecule has 36 heteroatoms. The van der Waals surface area contributed by atoms with Gasteiger partial charge in [-0.25, -0.2) is 18.5 Å². The number of amides is 1. The number of nitrogens with zero attached hydrogens (tertiary/aromatic N) is 5. The fourth-order valence-corrected chi connectivity index (χ4v) is 15.3. The zero-order chi connectivity index (χ0) is 69.9. The highest BCUT2D eigenvalue weighted by molar-refractivity contribution is 7.86. The van der Waals surface area contributed by atoms with Crippen LogP contribution >= 0.6 is 23.5 Å². The lowest BCUT2D eigenvalue weighted by Gasteiger charge is -2.31. The first-order valence-corrected chi connectivity index (χ1v) is 36.3. The first-order valence-electron chi connectivity index (χ1n) is 28.9. The van der Waals surface area contributed by atoms with E-state index in [0.717, 1.165) is 32.9 Å². The number of unbranched alkanes of at least 4 members (excludes halogenated alkanes) is 2. The number of aromatic nitrogens is 2. The maximum Gasteiger partial charge on any atom is 0.490 e. The molecule has 6 atom stereocenters. The second kappa shape index (κ2) is 29.0. The van der Waals surface area contributed by atoms with Gasteiger partial charge in [-0.3, -0.25) is 33.1 Å². The Balaban J connectivity index is 0.979. The number of hydrogen-bond donors (Lipinski definition) is 9. The van der Waals surface area contributed by atoms with E-state index in [4.69, 9.17) is 29.7 Å². The molecular formula is C58H75N7O24P3S2+. The smallest absolute Gasteiger partial charge is 0.490 e. The number of nitrogen functional groups attached to an aromatic ring is 1. The highest BCUT2D eigenvalue weighted by Crippen LogP contribution is 2.66. The predicted octanol–water partition coefficient (Wildman–Crippen LogP) is 7.45. The zero-order valence-corrected chi connectivity index (χ0v) is 56.8. The molecule has 0 radical (unpaired) electrons. The van der Waals surface area contributed by atoms with Crippen LogP contribution in [0.25, 0.3) is 0 Å². The van der Waals surface area contributed by atoms with Crippen LogP contribution in [0.2, 0.25) is 0 Å². The second-order valence-corrected chi connectivity index (χ2v) is 31.4. The van der Waals surface area contributed by atoms with Crippen LogP contribution in [0.15, 0.2) is 105 Å². The highest BCUT2D eigenvalue weighted by Gasteiger charge is 2.47. The molecule has 0 bridgehead atoms. The predicted molar refractivity (Wildman–Crippen MR) is 340 cm³/mol. The van der Waals surface area contributed by atoms with Gasteiger partial charge in [-0.1, -0.05) is 64.7 Å². The summed E-state index contributed by atoms with van der Waals surface area (Å²) in [5, 5.41) is 26.2. The summed E-state index contributed by atoms with van der Waals surface area (Å²) in [6.07, 6.45) is 6.74. The number of methoxy groups -OCH3 is 1. The number of carbonyl (C=O) groups excluding carboxylic acids is 1. The molecule has 4 heterocycles. The molecule has 1 fully saturated rings. The third-order valence-corrected chi connectivity index (χ3v) is 21.2. The van der Waals surface area contributed by atoms with Gasteiger partial charge in [0.05, 0.1) is 70.3 Å². The fraction of sp³-hybridized carbons (Fsp3) is 0.448. The minimum Gasteiger partial charge on any atom is -0.495 e. The molecule has 2 unspecified atom stereocenters. The number of benzene rings is 3. The van der Waals surface area contributed by atoms with E-state index in [-0.39, 0.29) is 63.3 Å². The topological polar surface area (TPSA) is 456 Å². The largest absolute Gasteiger partial charge is 0.495 e. The van der Waals surface area contributed by atoms with Crippen molar-refractivity contribution in [2.75, 3.05) is 44.0 Å². The summed E-state index contributed by atoms with van der Waals surface area (Å²) in [5.41, 5.74) is 7.56. The van der Waals surface area contributed by atoms with Gasteiger partial charge in [-0.15, -0.1) is 0 Å². The summed E-state index contributed by atoms with van der Waals surface area (Å²) in [7, 11) is -24.7. The molecule has 3 aliphatic rings. The number of nitro groups is 1. The van der Waals surface area contributed by atoms with E-state index in [0.29, 0.717) is 37.9 Å². The van der Waals surface area contributed by atoms with Crippen LogP contribution < -0.4 is 26.4 Å². The summed E-state index contributed by atoms with van der Waals surface area (Å²) in [6, 6.07) is 11.6. The molecule has 10 N–H and O–H groups in total. The fourth-order valence-electron chi connectivity index (χ4n) is 11.2. The van der Waals surface area contributed by atoms with E-state index in [1.54, 1.807) is 32.9 Å². The number of phosphoric ester groups is 1. The number of anilines is 2. The molecule has 4 aromatic rings. The van der Waals surface area contributed by atoms with Gasteiger partial charge in [0.25, 0.3) is 25.9 Å². The number of nitrogens with two attached hydrogens (primary N) is 1. The van der Waals surface area contributed by atoms with E-state index in [1.165, 1.54) is 49.7 Å². The average Bonchev–Trinajstić information content (AvgIpc) is 1.58. The number of hydrogen-bond acceptors (Lipinski definition) is 21. The standard InChI is InChI=1S/C58H74N7O24P3S2/c1-10-62-43-24-22-38(93(78,79)80)29-41(43)57(5,6)49(62)19-13-11-14-20-50-58(7,8)42-30-39(94(81,82)83)23-25-44(42)63(50)27-16-12-15-21-51(67)60-26-17-18-36-28-45(65(69)70)40(31-47(36)84-9)53(56(2,3)4)85-34-37-33-64(55(68)61-54(37)59)52-32-46(66)48(87-52)35-86-91(74,75)89-92(76,77)88-90(71,72)73/h11,13-14,19-20,22-25,28-31,33,46,48,52-53,66H,10,12,15-16,21,26-27,32,34-35H2,1-9H3,(H8-,59,60,61,67,68,71,72,73,74,75,76,77,78,79,80,81,82,83)/p+1/t46-,48+,52+,53+/m0/s1. The number of rotatable bonds is 27. The van der Waals surface area contributed by atoms with Crippen molar-refractivity contribution in [2.24, 2.45) is 5.41 Å². The number of aliphatic hydroxyl groups is 1. The Morgan fingerprint density at radius 2 is 1.61 bits per heavy atom. The first kappa shape index (κ1) is 74.8. The highest BCUT2D eigenvalue weighted by atomic mass is 32.2. The number of fused-ring (bicyclic) bond motifs is 2. The Labute approximate surface area is 542 Å². The molecule has 0 aliphatic carbocycles. The number of phosphoric acid groups is 3. The van der Waals surface area contributed by atoms with Gasteiger partial charge >= 0.3 is 29.2 Å². The monoisotopic (exact) mass is 1410 g/mol. The second-order valence-electron chi connectivity index (χ2n) is 24.1. The van der Waals surface area contributed by atoms with Gasteiger partial charge < -0.3 is 54.8 Å². The Morgan fingerprint density at radius 1 is 0.947 bits per heavy atom. The Morgan fingerprint density at radius 3 is 2.22 bits per heavy atom. The Kier molecular flexibility index (Phi) is 23.1. The number of nitro benzene ring substituents is 1. The summed E-state index contributed by atoms with van der Waals surface area (Å²) in [6.45, 7) is 14.6. The van der Waals surface area contributed by atoms with E-state index in [1.807, 2.05) is 65.0 Å². The number of nitrogens with one attached hydrogen (secondary N) is 1. The van der Waals surface area contributed by atoms with Crippen molar-refractivity contribution >= 4 is 78.2 Å². The summed E-state index contributed by atoms with van der Waals surface area (Å²) in [4.78, 5) is 80.6. The molecule has 0 spiro atoms. The number of allylic oxidation sites excluding steroid dienone is 6. The van der Waals surface area contributed by atoms with Gasteiger partial charge in [0.15, 0.2) is 5.71 Å². The average molecular weight is 1410 g/mol. The first-order chi connectivity index (χ1) is 43.5. The van der Waals surface area contributed by atoms with E-state index >= 15 is 0 Å². The summed E-state index contributed by atoms with van der Waals surface area (Å²) < 4.78 is 136. The Hall–Kier alpha value is -6.63. The van der Waals surface area contributed by atoms with Crippen molar-refractivity contribution in [1.82, 2.24) is 14.9 Å². The molecule has 1 aromatic heterocycles. The number of ether oxygens (including phenoxy) is 3. The number of carbonyl (C=O) groups is 1. The van der Waals surface area contributed by atoms with Gasteiger partial charge in [0.2, 0.25) is 11.6 Å². The van der Waals surface area contributed by atoms with Crippen molar-refractivity contribution in [3.05, 3.63) is 139 Å². The number of likely N-dealkylation sites (N-methyl/N-ethyl adjacent to an activating group) is 1. The quantitative estimate of drug-likeness (QED) is 0.00409. The molecular weight excluding hydrogens is 1340 g/mol. The van der Waals surface area contributed by atoms with Crippen LogP contribution in [0, 0.1) is 27.4 Å². The van der Waals surface area contributed by atoms with Crippen molar-refractivity contribution in [1.29, 1.82) is 0 Å². The molecule has 3 aliphatic heterocycles. The van der Waals surface area contributed by atoms with Crippen LogP contribution in [-0.4, -0.2) is 127 Å². The van der Waals surface area contributed by atoms with E-state index in [2.05, 4.69) is 44.8 Å². The maximum atomic E-state index is 13.1. The number of aliphatic hydroxyl groups excluding tert-OH is 1. The molecule has 0 saturated carbocycles. The normalized spacial score (nSPS) is 20.0. The van der Waals surface area contributed by atoms with Crippen LogP contribution in [0.4, 0.5) is 22.9 Å². The van der Waals surface area contributed by atoms with E-state index in [9.17, 15) is 74.2 Å². The van der Waals surface area contributed by atoms with Gasteiger partial charge in [-0.2, -0.15) is 35.0 Å². The summed E-state index contributed by atoms with van der Waals surface area (Å²) in [5.74, 6) is 5.18. The van der Waals surface area contributed by atoms with Gasteiger partial charge in [-0.05, 0) is 87.1 Å². The lowest BCUT2D eigenvalue weighted by atomic mass is 9.81. The minimum absolute atomic E-state index is 0.0646. The molecule has 1 saturated heterocycles. The Bertz CT molecular complexity index is 4260. The lowest BCUT2D eigenvalue weighted by molar-refractivity contribution is -0.438. The molecule has 3 aromatic carbocycles. The van der Waals surface area contributed by atoms with Crippen molar-refractivity contribution in [3.63, 3.8) is 0 Å². The van der Waals surface area contributed by atoms with Crippen molar-refractivity contribution < 1.29 is 106 Å². The summed E-state index contributed by atoms with van der Waals surface area (Å²) >= 11 is 0. The van der Waals surface area contributed by atoms with E-state index < -0.39 is 114 Å². The SMILES string of the molecule is CCN1\C(=C/C=C/C=C/C2=[N+](CCCCCC(=O)NCC#Cc3cc([N+](=O)[O-])c([C@@H](OCc4cn([C@H]5C[C@H](O)[C@@H](COP(=O)(O)OP(=O)(O)OP(=O)(O)O)O5)c(=O)nc4N)C(C)(C)C)cc3OC)c3ccc(S(=O)(=O)O)cc3C2(C)C)C(C)(C)c2cc(S(=O)(=O)O)ccc21. The van der Waals surface area contributed by atoms with Crippen LogP contribution in [0.3, 0.4) is 0 Å². The van der Waals surface area contributed by atoms with Crippen molar-refractivity contribution in [3.8, 4) is 17.6 Å². The molecule has 94 heavy (non-hydrogen) atoms. The lowest BCUT2D eigenvalue weighted by Crippen LogP contribution is -2.30. The van der Waals surface area contributed by atoms with Crippen LogP contribution in [-0.2, 0) is 78.8 Å². The molecule has 1 amide bonds.